The fraction of sp³-hybridized carbons (Fsp3) is 0.167. The van der Waals surface area contributed by atoms with Crippen molar-refractivity contribution in [1.29, 1.82) is 0 Å². The molecule has 1 aromatic heterocycles. The zero-order valence-electron chi connectivity index (χ0n) is 5.90. The van der Waals surface area contributed by atoms with Crippen molar-refractivity contribution in [3.8, 4) is 0 Å². The van der Waals surface area contributed by atoms with E-state index in [1.807, 2.05) is 0 Å². The Bertz CT molecular complexity index is 314. The van der Waals surface area contributed by atoms with E-state index in [-0.39, 0.29) is 8.60 Å². The molecule has 13 heavy (non-hydrogen) atoms. The van der Waals surface area contributed by atoms with Crippen molar-refractivity contribution in [2.45, 2.75) is 10.5 Å². The van der Waals surface area contributed by atoms with Crippen LogP contribution >= 0.6 is 34.4 Å². The van der Waals surface area contributed by atoms with Crippen LogP contribution < -0.4 is 0 Å². The lowest BCUT2D eigenvalue weighted by molar-refractivity contribution is -0.0329. The van der Waals surface area contributed by atoms with Gasteiger partial charge in [0.05, 0.1) is 3.57 Å². The van der Waals surface area contributed by atoms with Crippen LogP contribution in [0.2, 0.25) is 0 Å². The molecule has 0 fully saturated rings. The summed E-state index contributed by atoms with van der Waals surface area (Å²) in [4.78, 5) is 3.42. The van der Waals surface area contributed by atoms with Gasteiger partial charge in [-0.25, -0.2) is 9.37 Å². The quantitative estimate of drug-likeness (QED) is 0.446. The molecule has 0 aliphatic heterocycles. The number of rotatable bonds is 1. The predicted molar refractivity (Wildman–Crippen MR) is 48.8 cm³/mol. The van der Waals surface area contributed by atoms with Crippen LogP contribution in [0, 0.1) is 9.39 Å². The number of hydrogen-bond donors (Lipinski definition) is 0. The van der Waals surface area contributed by atoms with Crippen molar-refractivity contribution in [2.75, 3.05) is 0 Å². The first-order chi connectivity index (χ1) is 5.88. The molecule has 0 bridgehead atoms. The zero-order valence-corrected chi connectivity index (χ0v) is 8.87. The molecule has 0 atom stereocenters. The Morgan fingerprint density at radius 3 is 2.46 bits per heavy atom. The Kier molecular flexibility index (Phi) is 3.38. The monoisotopic (exact) mass is 323 g/mol. The van der Waals surface area contributed by atoms with Gasteiger partial charge in [-0.05, 0) is 22.6 Å². The lowest BCUT2D eigenvalue weighted by Gasteiger charge is -2.04. The second-order valence-corrected chi connectivity index (χ2v) is 4.23. The number of alkyl halides is 3. The summed E-state index contributed by atoms with van der Waals surface area (Å²) >= 11 is 1.22. The molecule has 0 amide bonds. The van der Waals surface area contributed by atoms with Crippen molar-refractivity contribution in [3.05, 3.63) is 21.7 Å². The first-order valence-electron chi connectivity index (χ1n) is 2.95. The normalized spacial score (nSPS) is 11.8. The van der Waals surface area contributed by atoms with Gasteiger partial charge in [-0.2, -0.15) is 13.2 Å². The van der Waals surface area contributed by atoms with Gasteiger partial charge in [0.25, 0.3) is 0 Å². The third-order valence-electron chi connectivity index (χ3n) is 1.00. The van der Waals surface area contributed by atoms with Gasteiger partial charge in [-0.1, -0.05) is 0 Å². The summed E-state index contributed by atoms with van der Waals surface area (Å²) in [5.74, 6) is -0.692. The Morgan fingerprint density at radius 2 is 2.00 bits per heavy atom. The van der Waals surface area contributed by atoms with E-state index in [1.54, 1.807) is 22.6 Å². The van der Waals surface area contributed by atoms with Gasteiger partial charge in [0, 0.05) is 24.0 Å². The summed E-state index contributed by atoms with van der Waals surface area (Å²) < 4.78 is 48.2. The van der Waals surface area contributed by atoms with E-state index in [0.717, 1.165) is 12.3 Å². The van der Waals surface area contributed by atoms with E-state index >= 15 is 0 Å². The molecule has 0 spiro atoms. The number of aromatic nitrogens is 1. The Hall–Kier alpha value is -0.0500. The summed E-state index contributed by atoms with van der Waals surface area (Å²) in [7, 11) is 0. The average molecular weight is 323 g/mol. The fourth-order valence-corrected chi connectivity index (χ4v) is 1.37. The smallest absolute Gasteiger partial charge is 0.248 e. The molecule has 1 aromatic rings. The van der Waals surface area contributed by atoms with Crippen LogP contribution in [-0.4, -0.2) is 10.5 Å². The van der Waals surface area contributed by atoms with Crippen molar-refractivity contribution >= 4 is 34.4 Å². The Balaban J connectivity index is 2.86. The first-order valence-corrected chi connectivity index (χ1v) is 4.85. The van der Waals surface area contributed by atoms with Crippen LogP contribution in [0.5, 0.6) is 0 Å². The van der Waals surface area contributed by atoms with Crippen molar-refractivity contribution < 1.29 is 17.6 Å². The lowest BCUT2D eigenvalue weighted by Crippen LogP contribution is -2.00. The minimum atomic E-state index is -4.42. The number of hydrogen-bond acceptors (Lipinski definition) is 2. The average Bonchev–Trinajstić information content (AvgIpc) is 1.94. The molecule has 0 N–H and O–H groups in total. The topological polar surface area (TPSA) is 12.9 Å². The maximum absolute atomic E-state index is 12.7. The second-order valence-electron chi connectivity index (χ2n) is 1.98. The highest BCUT2D eigenvalue weighted by atomic mass is 127. The molecular weight excluding hydrogens is 321 g/mol. The molecule has 1 nitrogen and oxygen atoms in total. The maximum Gasteiger partial charge on any atom is 0.447 e. The van der Waals surface area contributed by atoms with Gasteiger partial charge in [0.15, 0.2) is 0 Å². The molecule has 0 aromatic carbocycles. The molecule has 1 heterocycles. The number of nitrogens with zero attached hydrogens (tertiary/aromatic N) is 1. The van der Waals surface area contributed by atoms with Crippen LogP contribution in [-0.2, 0) is 0 Å². The summed E-state index contributed by atoms with van der Waals surface area (Å²) in [5, 5.41) is -0.384. The number of halogens is 5. The van der Waals surface area contributed by atoms with Crippen molar-refractivity contribution in [1.82, 2.24) is 4.98 Å². The third-order valence-corrected chi connectivity index (χ3v) is 2.46. The number of pyridine rings is 1. The predicted octanol–water partition coefficient (Wildman–Crippen LogP) is 3.44. The summed E-state index contributed by atoms with van der Waals surface area (Å²) in [5.41, 5.74) is -4.42. The first kappa shape index (κ1) is 11.0. The van der Waals surface area contributed by atoms with Crippen LogP contribution in [0.3, 0.4) is 0 Å². The third kappa shape index (κ3) is 3.67. The van der Waals surface area contributed by atoms with Gasteiger partial charge in [-0.15, -0.1) is 0 Å². The van der Waals surface area contributed by atoms with E-state index in [1.165, 1.54) is 0 Å². The minimum Gasteiger partial charge on any atom is -0.248 e. The van der Waals surface area contributed by atoms with Crippen LogP contribution in [0.25, 0.3) is 0 Å². The fourth-order valence-electron chi connectivity index (χ4n) is 0.571. The zero-order chi connectivity index (χ0) is 10.1. The highest BCUT2D eigenvalue weighted by molar-refractivity contribution is 14.1. The number of thioether (sulfide) groups is 1. The maximum atomic E-state index is 12.7. The molecule has 0 saturated carbocycles. The van der Waals surface area contributed by atoms with Crippen molar-refractivity contribution in [2.24, 2.45) is 0 Å². The molecule has 0 saturated heterocycles. The standard InChI is InChI=1S/C6H2F4INS/c7-3-1-5(12-2-4(3)11)13-6(8,9)10/h1-2H. The largest absolute Gasteiger partial charge is 0.447 e. The van der Waals surface area contributed by atoms with Gasteiger partial charge < -0.3 is 0 Å². The highest BCUT2D eigenvalue weighted by Gasteiger charge is 2.30. The van der Waals surface area contributed by atoms with Gasteiger partial charge in [-0.3, -0.25) is 0 Å². The van der Waals surface area contributed by atoms with Gasteiger partial charge in [0.2, 0.25) is 0 Å². The molecule has 72 valence electrons. The van der Waals surface area contributed by atoms with Crippen molar-refractivity contribution in [3.63, 3.8) is 0 Å². The SMILES string of the molecule is Fc1cc(SC(F)(F)F)ncc1I. The molecule has 1 rings (SSSR count). The molecular formula is C6H2F4INS. The second kappa shape index (κ2) is 3.99. The lowest BCUT2D eigenvalue weighted by atomic mass is 10.5. The highest BCUT2D eigenvalue weighted by Crippen LogP contribution is 2.35. The summed E-state index contributed by atoms with van der Waals surface area (Å²) in [6.07, 6.45) is 1.06. The molecule has 0 radical (unpaired) electrons. The summed E-state index contributed by atoms with van der Waals surface area (Å²) in [6, 6.07) is 0.764. The van der Waals surface area contributed by atoms with E-state index in [0.29, 0.717) is 0 Å². The Labute approximate surface area is 89.1 Å². The van der Waals surface area contributed by atoms with Gasteiger partial charge in [0.1, 0.15) is 10.8 Å². The van der Waals surface area contributed by atoms with Crippen LogP contribution in [0.4, 0.5) is 17.6 Å². The molecule has 0 unspecified atom stereocenters. The molecule has 0 aliphatic carbocycles. The molecule has 0 aliphatic rings. The van der Waals surface area contributed by atoms with Crippen LogP contribution in [0.1, 0.15) is 0 Å². The van der Waals surface area contributed by atoms with Gasteiger partial charge >= 0.3 is 5.51 Å². The Morgan fingerprint density at radius 1 is 1.38 bits per heavy atom. The summed E-state index contributed by atoms with van der Waals surface area (Å²) in [6.45, 7) is 0. The minimum absolute atomic E-state index is 0.198. The van der Waals surface area contributed by atoms with Crippen LogP contribution in [0.15, 0.2) is 17.3 Å². The van der Waals surface area contributed by atoms with E-state index in [2.05, 4.69) is 4.98 Å². The van der Waals surface area contributed by atoms with E-state index in [9.17, 15) is 17.6 Å². The van der Waals surface area contributed by atoms with E-state index < -0.39 is 23.1 Å². The molecule has 7 heteroatoms. The van der Waals surface area contributed by atoms with E-state index in [4.69, 9.17) is 0 Å².